The number of nitrogens with zero attached hydrogens (tertiary/aromatic N) is 2. The predicted molar refractivity (Wildman–Crippen MR) is 84.3 cm³/mol. The van der Waals surface area contributed by atoms with Gasteiger partial charge < -0.3 is 0 Å². The largest absolute Gasteiger partial charge is 0.235 e. The minimum absolute atomic E-state index is 0.990. The maximum Gasteiger partial charge on any atom is 0.150 e. The third-order valence-electron chi connectivity index (χ3n) is 1.97. The molecule has 0 radical (unpaired) electrons. The van der Waals surface area contributed by atoms with Crippen molar-refractivity contribution in [3.05, 3.63) is 34.3 Å². The van der Waals surface area contributed by atoms with Crippen LogP contribution in [0.5, 0.6) is 0 Å². The summed E-state index contributed by atoms with van der Waals surface area (Å²) < 4.78 is 2.31. The molecule has 0 N–H and O–H groups in total. The molecular formula is C12H14N2S4. The van der Waals surface area contributed by atoms with Crippen molar-refractivity contribution in [1.29, 1.82) is 0 Å². The summed E-state index contributed by atoms with van der Waals surface area (Å²) in [4.78, 5) is 8.83. The van der Waals surface area contributed by atoms with E-state index in [0.717, 1.165) is 31.6 Å². The molecule has 0 amide bonds. The number of hydrogen-bond donors (Lipinski definition) is 0. The quantitative estimate of drug-likeness (QED) is 0.572. The van der Waals surface area contributed by atoms with E-state index < -0.39 is 0 Å². The van der Waals surface area contributed by atoms with Gasteiger partial charge in [-0.25, -0.2) is 9.97 Å². The van der Waals surface area contributed by atoms with Gasteiger partial charge in [0.05, 0.1) is 0 Å². The monoisotopic (exact) mass is 314 g/mol. The summed E-state index contributed by atoms with van der Waals surface area (Å²) in [5.41, 5.74) is 2.22. The highest BCUT2D eigenvalue weighted by atomic mass is 32.2. The summed E-state index contributed by atoms with van der Waals surface area (Å²) in [6, 6.07) is 0. The summed E-state index contributed by atoms with van der Waals surface area (Å²) in [6.45, 7) is 4.06. The Labute approximate surface area is 124 Å². The lowest BCUT2D eigenvalue weighted by Gasteiger charge is -1.92. The third-order valence-corrected chi connectivity index (χ3v) is 6.15. The van der Waals surface area contributed by atoms with Gasteiger partial charge in [0.1, 0.15) is 8.68 Å². The number of aromatic nitrogens is 2. The Kier molecular flexibility index (Phi) is 5.75. The molecule has 0 atom stereocenters. The van der Waals surface area contributed by atoms with E-state index in [4.69, 9.17) is 0 Å². The van der Waals surface area contributed by atoms with E-state index >= 15 is 0 Å². The zero-order valence-electron chi connectivity index (χ0n) is 10.3. The summed E-state index contributed by atoms with van der Waals surface area (Å²) >= 11 is 7.01. The summed E-state index contributed by atoms with van der Waals surface area (Å²) in [5, 5.41) is 4.18. The maximum atomic E-state index is 4.41. The fourth-order valence-electron chi connectivity index (χ4n) is 1.17. The third kappa shape index (κ3) is 4.76. The van der Waals surface area contributed by atoms with Crippen LogP contribution in [0, 0.1) is 13.8 Å². The molecule has 0 aliphatic rings. The number of aryl methyl sites for hydroxylation is 2. The van der Waals surface area contributed by atoms with E-state index in [1.54, 1.807) is 46.2 Å². The molecule has 2 heterocycles. The molecule has 2 nitrogen and oxygen atoms in total. The molecule has 2 aromatic rings. The van der Waals surface area contributed by atoms with Gasteiger partial charge in [0.2, 0.25) is 0 Å². The van der Waals surface area contributed by atoms with Gasteiger partial charge in [0.25, 0.3) is 0 Å². The highest BCUT2D eigenvalue weighted by molar-refractivity contribution is 8.01. The molecule has 0 aliphatic heterocycles. The Bertz CT molecular complexity index is 469. The first-order valence-electron chi connectivity index (χ1n) is 5.49. The predicted octanol–water partition coefficient (Wildman–Crippen LogP) is 4.66. The van der Waals surface area contributed by atoms with E-state index in [0.29, 0.717) is 0 Å². The van der Waals surface area contributed by atoms with E-state index in [-0.39, 0.29) is 0 Å². The Morgan fingerprint density at radius 3 is 1.72 bits per heavy atom. The SMILES string of the molecule is Cc1csc(SC/C=C/CSc2nc(C)cs2)n1. The Hall–Kier alpha value is -0.300. The lowest BCUT2D eigenvalue weighted by atomic mass is 10.6. The zero-order chi connectivity index (χ0) is 12.8. The second-order valence-corrected chi connectivity index (χ2v) is 7.85. The topological polar surface area (TPSA) is 25.8 Å². The average Bonchev–Trinajstić information content (AvgIpc) is 2.93. The van der Waals surface area contributed by atoms with Crippen LogP contribution in [0.25, 0.3) is 0 Å². The number of thioether (sulfide) groups is 2. The molecule has 0 unspecified atom stereocenters. The van der Waals surface area contributed by atoms with Crippen LogP contribution in [0.1, 0.15) is 11.4 Å². The van der Waals surface area contributed by atoms with Gasteiger partial charge in [-0.3, -0.25) is 0 Å². The molecule has 6 heteroatoms. The first kappa shape index (κ1) is 14.1. The molecule has 0 saturated heterocycles. The van der Waals surface area contributed by atoms with Crippen LogP contribution in [-0.2, 0) is 0 Å². The van der Waals surface area contributed by atoms with Crippen LogP contribution in [0.2, 0.25) is 0 Å². The van der Waals surface area contributed by atoms with Crippen molar-refractivity contribution in [2.75, 3.05) is 11.5 Å². The fourth-order valence-corrected chi connectivity index (χ4v) is 4.62. The lowest BCUT2D eigenvalue weighted by molar-refractivity contribution is 1.16. The minimum Gasteiger partial charge on any atom is -0.235 e. The van der Waals surface area contributed by atoms with E-state index in [9.17, 15) is 0 Å². The van der Waals surface area contributed by atoms with Crippen molar-refractivity contribution < 1.29 is 0 Å². The van der Waals surface area contributed by atoms with Crippen molar-refractivity contribution in [2.45, 2.75) is 22.5 Å². The van der Waals surface area contributed by atoms with Gasteiger partial charge in [0, 0.05) is 33.7 Å². The second kappa shape index (κ2) is 7.33. The van der Waals surface area contributed by atoms with Gasteiger partial charge in [-0.1, -0.05) is 35.7 Å². The molecule has 2 aromatic heterocycles. The molecule has 0 aliphatic carbocycles. The highest BCUT2D eigenvalue weighted by Gasteiger charge is 1.98. The number of hydrogen-bond acceptors (Lipinski definition) is 6. The van der Waals surface area contributed by atoms with Gasteiger partial charge >= 0.3 is 0 Å². The van der Waals surface area contributed by atoms with E-state index in [2.05, 4.69) is 32.9 Å². The summed E-state index contributed by atoms with van der Waals surface area (Å²) in [7, 11) is 0. The van der Waals surface area contributed by atoms with Crippen molar-refractivity contribution >= 4 is 46.2 Å². The average molecular weight is 315 g/mol. The van der Waals surface area contributed by atoms with Crippen LogP contribution in [0.3, 0.4) is 0 Å². The Morgan fingerprint density at radius 2 is 1.39 bits per heavy atom. The smallest absolute Gasteiger partial charge is 0.150 e. The van der Waals surface area contributed by atoms with Crippen molar-refractivity contribution in [3.63, 3.8) is 0 Å². The van der Waals surface area contributed by atoms with Crippen LogP contribution in [0.4, 0.5) is 0 Å². The molecule has 2 rings (SSSR count). The molecule has 0 spiro atoms. The normalized spacial score (nSPS) is 11.4. The maximum absolute atomic E-state index is 4.41. The standard InChI is InChI=1S/C12H14N2S4/c1-9-7-17-11(13-9)15-5-3-4-6-16-12-14-10(2)8-18-12/h3-4,7-8H,5-6H2,1-2H3/b4-3+. The van der Waals surface area contributed by atoms with Crippen LogP contribution in [-0.4, -0.2) is 21.5 Å². The van der Waals surface area contributed by atoms with Crippen LogP contribution < -0.4 is 0 Å². The zero-order valence-corrected chi connectivity index (χ0v) is 13.5. The number of thiazole rings is 2. The highest BCUT2D eigenvalue weighted by Crippen LogP contribution is 2.23. The molecule has 0 fully saturated rings. The molecule has 18 heavy (non-hydrogen) atoms. The summed E-state index contributed by atoms with van der Waals surface area (Å²) in [5.74, 6) is 1.98. The second-order valence-electron chi connectivity index (χ2n) is 3.60. The van der Waals surface area contributed by atoms with Crippen LogP contribution in [0.15, 0.2) is 31.6 Å². The van der Waals surface area contributed by atoms with E-state index in [1.165, 1.54) is 0 Å². The molecule has 0 saturated carbocycles. The minimum atomic E-state index is 0.990. The molecular weight excluding hydrogens is 300 g/mol. The van der Waals surface area contributed by atoms with Gasteiger partial charge in [-0.05, 0) is 13.8 Å². The van der Waals surface area contributed by atoms with Crippen molar-refractivity contribution in [1.82, 2.24) is 9.97 Å². The van der Waals surface area contributed by atoms with Gasteiger partial charge in [-0.2, -0.15) is 0 Å². The van der Waals surface area contributed by atoms with Crippen LogP contribution >= 0.6 is 46.2 Å². The molecule has 0 aromatic carbocycles. The summed E-state index contributed by atoms with van der Waals surface area (Å²) in [6.07, 6.45) is 4.41. The van der Waals surface area contributed by atoms with Gasteiger partial charge in [0.15, 0.2) is 0 Å². The first-order chi connectivity index (χ1) is 8.74. The molecule has 96 valence electrons. The van der Waals surface area contributed by atoms with E-state index in [1.807, 2.05) is 13.8 Å². The lowest BCUT2D eigenvalue weighted by Crippen LogP contribution is -1.76. The fraction of sp³-hybridized carbons (Fsp3) is 0.333. The van der Waals surface area contributed by atoms with Gasteiger partial charge in [-0.15, -0.1) is 22.7 Å². The first-order valence-corrected chi connectivity index (χ1v) is 9.22. The number of rotatable bonds is 6. The Balaban J connectivity index is 1.63. The Morgan fingerprint density at radius 1 is 0.944 bits per heavy atom. The van der Waals surface area contributed by atoms with Crippen molar-refractivity contribution in [2.24, 2.45) is 0 Å². The molecule has 0 bridgehead atoms. The van der Waals surface area contributed by atoms with Crippen molar-refractivity contribution in [3.8, 4) is 0 Å².